The zero-order valence-electron chi connectivity index (χ0n) is 20.8. The molecule has 0 aliphatic heterocycles. The van der Waals surface area contributed by atoms with Crippen LogP contribution >= 0.6 is 0 Å². The minimum Gasteiger partial charge on any atom is -0.507 e. The van der Waals surface area contributed by atoms with Crippen LogP contribution in [-0.2, 0) is 22.0 Å². The van der Waals surface area contributed by atoms with E-state index in [0.717, 1.165) is 16.7 Å². The average Bonchev–Trinajstić information content (AvgIpc) is 2.62. The van der Waals surface area contributed by atoms with Crippen molar-refractivity contribution < 1.29 is 15.0 Å². The van der Waals surface area contributed by atoms with Crippen molar-refractivity contribution in [3.8, 4) is 5.75 Å². The molecule has 0 unspecified atom stereocenters. The van der Waals surface area contributed by atoms with Crippen LogP contribution in [0, 0.1) is 0 Å². The summed E-state index contributed by atoms with van der Waals surface area (Å²) in [6.07, 6.45) is 3.24. The molecule has 28 heavy (non-hydrogen) atoms. The normalized spacial score (nSPS) is 10.4. The minimum absolute atomic E-state index is 0.109. The number of carboxylic acid groups (broad SMARTS) is 1. The predicted octanol–water partition coefficient (Wildman–Crippen LogP) is 7.86. The fourth-order valence-corrected chi connectivity index (χ4v) is 2.23. The van der Waals surface area contributed by atoms with E-state index in [4.69, 9.17) is 5.11 Å². The van der Waals surface area contributed by atoms with Crippen molar-refractivity contribution in [3.63, 3.8) is 0 Å². The Kier molecular flexibility index (Phi) is 17.2. The summed E-state index contributed by atoms with van der Waals surface area (Å²) in [4.78, 5) is 10.8. The molecule has 0 aliphatic carbocycles. The first-order chi connectivity index (χ1) is 12.8. The van der Waals surface area contributed by atoms with Gasteiger partial charge in [-0.1, -0.05) is 108 Å². The zero-order valence-corrected chi connectivity index (χ0v) is 20.8. The van der Waals surface area contributed by atoms with Gasteiger partial charge in [0.2, 0.25) is 0 Å². The monoisotopic (exact) mass is 396 g/mol. The summed E-state index contributed by atoms with van der Waals surface area (Å²) >= 11 is 0. The van der Waals surface area contributed by atoms with E-state index < -0.39 is 5.97 Å². The van der Waals surface area contributed by atoms with Crippen molar-refractivity contribution in [2.24, 2.45) is 0 Å². The van der Waals surface area contributed by atoms with E-state index >= 15 is 0 Å². The van der Waals surface area contributed by atoms with Crippen LogP contribution in [0.25, 0.3) is 0 Å². The Morgan fingerprint density at radius 3 is 1.36 bits per heavy atom. The first kappa shape index (κ1) is 31.2. The minimum atomic E-state index is -0.798. The van der Waals surface area contributed by atoms with Crippen LogP contribution in [0.5, 0.6) is 5.75 Å². The largest absolute Gasteiger partial charge is 0.507 e. The van der Waals surface area contributed by atoms with Crippen LogP contribution in [0.3, 0.4) is 0 Å². The molecule has 3 nitrogen and oxygen atoms in total. The smallest absolute Gasteiger partial charge is 0.303 e. The highest BCUT2D eigenvalue weighted by atomic mass is 16.4. The number of phenols is 1. The Balaban J connectivity index is -0.000000675. The van der Waals surface area contributed by atoms with Gasteiger partial charge in [-0.25, -0.2) is 0 Å². The molecular weight excluding hydrogens is 348 g/mol. The Labute approximate surface area is 175 Å². The Morgan fingerprint density at radius 2 is 1.14 bits per heavy atom. The van der Waals surface area contributed by atoms with Gasteiger partial charge in [0.1, 0.15) is 5.75 Å². The molecule has 166 valence electrons. The average molecular weight is 397 g/mol. The third kappa shape index (κ3) is 12.8. The molecule has 0 aliphatic rings. The number of aliphatic carboxylic acids is 1. The summed E-state index contributed by atoms with van der Waals surface area (Å²) in [7, 11) is 0. The van der Waals surface area contributed by atoms with E-state index in [1.807, 2.05) is 39.8 Å². The van der Waals surface area contributed by atoms with Gasteiger partial charge in [-0.3, -0.25) is 4.79 Å². The van der Waals surface area contributed by atoms with E-state index in [1.54, 1.807) is 0 Å². The number of phenolic OH excluding ortho intramolecular Hbond substituents is 1. The summed E-state index contributed by atoms with van der Waals surface area (Å²) in [6.45, 7) is 24.7. The zero-order chi connectivity index (χ0) is 23.1. The van der Waals surface area contributed by atoms with Crippen molar-refractivity contribution >= 4 is 5.97 Å². The molecule has 0 spiro atoms. The molecule has 0 heterocycles. The lowest BCUT2D eigenvalue weighted by Crippen LogP contribution is -2.18. The molecule has 0 radical (unpaired) electrons. The fourth-order valence-electron chi connectivity index (χ4n) is 2.23. The first-order valence-corrected chi connectivity index (χ1v) is 10.9. The number of aromatic hydroxyl groups is 1. The maximum atomic E-state index is 10.8. The quantitative estimate of drug-likeness (QED) is 0.544. The molecule has 0 bridgehead atoms. The third-order valence-electron chi connectivity index (χ3n) is 3.91. The molecule has 3 heteroatoms. The standard InChI is InChI=1S/C17H26O3.C4H10.2C2H6/c1-16(2,3)12-9-11(7-8-14(18)19)10-13(15(12)20)17(4,5)6;1-3-4-2;2*1-2/h9-10,20H,7-8H2,1-6H3,(H,18,19);3-4H2,1-2H3;2*1-2H3. The lowest BCUT2D eigenvalue weighted by molar-refractivity contribution is -0.136. The molecule has 1 aromatic rings. The summed E-state index contributed by atoms with van der Waals surface area (Å²) in [6, 6.07) is 3.88. The van der Waals surface area contributed by atoms with Crippen molar-refractivity contribution in [1.82, 2.24) is 0 Å². The number of carboxylic acids is 1. The molecule has 0 aromatic heterocycles. The summed E-state index contributed by atoms with van der Waals surface area (Å²) in [5.74, 6) is -0.461. The highest BCUT2D eigenvalue weighted by molar-refractivity contribution is 5.67. The van der Waals surface area contributed by atoms with Crippen molar-refractivity contribution in [1.29, 1.82) is 0 Å². The second-order valence-electron chi connectivity index (χ2n) is 8.43. The number of hydrogen-bond acceptors (Lipinski definition) is 2. The maximum absolute atomic E-state index is 10.8. The number of unbranched alkanes of at least 4 members (excludes halogenated alkanes) is 1. The van der Waals surface area contributed by atoms with E-state index in [0.29, 0.717) is 12.2 Å². The van der Waals surface area contributed by atoms with Crippen LogP contribution in [-0.4, -0.2) is 16.2 Å². The molecule has 0 amide bonds. The molecule has 1 rings (SSSR count). The fraction of sp³-hybridized carbons (Fsp3) is 0.720. The highest BCUT2D eigenvalue weighted by Crippen LogP contribution is 2.39. The first-order valence-electron chi connectivity index (χ1n) is 10.9. The Hall–Kier alpha value is -1.51. The van der Waals surface area contributed by atoms with Crippen molar-refractivity contribution in [3.05, 3.63) is 28.8 Å². The molecule has 1 aromatic carbocycles. The molecule has 2 N–H and O–H groups in total. The van der Waals surface area contributed by atoms with Gasteiger partial charge in [0.25, 0.3) is 0 Å². The molecular formula is C25H48O3. The maximum Gasteiger partial charge on any atom is 0.303 e. The van der Waals surface area contributed by atoms with Crippen molar-refractivity contribution in [2.75, 3.05) is 0 Å². The van der Waals surface area contributed by atoms with E-state index in [1.165, 1.54) is 12.8 Å². The molecule has 0 atom stereocenters. The van der Waals surface area contributed by atoms with Crippen LogP contribution in [0.15, 0.2) is 12.1 Å². The van der Waals surface area contributed by atoms with Gasteiger partial charge in [0.15, 0.2) is 0 Å². The molecule has 0 saturated heterocycles. The summed E-state index contributed by atoms with van der Waals surface area (Å²) in [5, 5.41) is 19.4. The van der Waals surface area contributed by atoms with E-state index in [2.05, 4.69) is 55.4 Å². The van der Waals surface area contributed by atoms with Gasteiger partial charge in [0.05, 0.1) is 0 Å². The van der Waals surface area contributed by atoms with E-state index in [9.17, 15) is 9.90 Å². The number of aryl methyl sites for hydroxylation is 1. The van der Waals surface area contributed by atoms with Crippen LogP contribution in [0.2, 0.25) is 0 Å². The SMILES string of the molecule is CC.CC.CC(C)(C)c1cc(CCC(=O)O)cc(C(C)(C)C)c1O.CCCC. The lowest BCUT2D eigenvalue weighted by Gasteiger charge is -2.28. The highest BCUT2D eigenvalue weighted by Gasteiger charge is 2.26. The van der Waals surface area contributed by atoms with Gasteiger partial charge in [0, 0.05) is 6.42 Å². The second-order valence-corrected chi connectivity index (χ2v) is 8.43. The summed E-state index contributed by atoms with van der Waals surface area (Å²) < 4.78 is 0. The van der Waals surface area contributed by atoms with Crippen molar-refractivity contribution in [2.45, 2.75) is 120 Å². The lowest BCUT2D eigenvalue weighted by atomic mass is 9.78. The predicted molar refractivity (Wildman–Crippen MR) is 125 cm³/mol. The molecule has 0 fully saturated rings. The van der Waals surface area contributed by atoms with Gasteiger partial charge in [-0.15, -0.1) is 0 Å². The van der Waals surface area contributed by atoms with Crippen LogP contribution in [0.1, 0.15) is 119 Å². The Bertz CT molecular complexity index is 495. The summed E-state index contributed by atoms with van der Waals surface area (Å²) in [5.41, 5.74) is 2.38. The number of rotatable bonds is 4. The number of benzene rings is 1. The number of hydrogen-bond donors (Lipinski definition) is 2. The Morgan fingerprint density at radius 1 is 0.821 bits per heavy atom. The van der Waals surface area contributed by atoms with Gasteiger partial charge in [-0.05, 0) is 33.9 Å². The topological polar surface area (TPSA) is 57.5 Å². The third-order valence-corrected chi connectivity index (χ3v) is 3.91. The second kappa shape index (κ2) is 15.4. The van der Waals surface area contributed by atoms with Crippen LogP contribution in [0.4, 0.5) is 0 Å². The van der Waals surface area contributed by atoms with Gasteiger partial charge in [-0.2, -0.15) is 0 Å². The van der Waals surface area contributed by atoms with Gasteiger partial charge < -0.3 is 10.2 Å². The van der Waals surface area contributed by atoms with Crippen LogP contribution < -0.4 is 0 Å². The van der Waals surface area contributed by atoms with E-state index in [-0.39, 0.29) is 17.3 Å². The number of carbonyl (C=O) groups is 1. The van der Waals surface area contributed by atoms with Gasteiger partial charge >= 0.3 is 5.97 Å². The molecule has 0 saturated carbocycles.